The van der Waals surface area contributed by atoms with Crippen molar-refractivity contribution in [3.63, 3.8) is 0 Å². The average molecular weight is 284 g/mol. The molecule has 0 spiro atoms. The molecule has 0 aliphatic heterocycles. The highest BCUT2D eigenvalue weighted by molar-refractivity contribution is 7.09. The van der Waals surface area contributed by atoms with Crippen LogP contribution in [0.2, 0.25) is 0 Å². The van der Waals surface area contributed by atoms with E-state index in [1.807, 2.05) is 6.92 Å². The van der Waals surface area contributed by atoms with E-state index in [1.165, 1.54) is 17.4 Å². The minimum Gasteiger partial charge on any atom is -0.478 e. The fraction of sp³-hybridized carbons (Fsp3) is 0.167. The number of benzene rings is 1. The van der Waals surface area contributed by atoms with Gasteiger partial charge in [0.05, 0.1) is 29.0 Å². The van der Waals surface area contributed by atoms with Crippen molar-refractivity contribution in [1.29, 1.82) is 0 Å². The summed E-state index contributed by atoms with van der Waals surface area (Å²) in [7, 11) is 0. The molecule has 1 aromatic heterocycles. The number of halogens is 2. The van der Waals surface area contributed by atoms with E-state index in [1.54, 1.807) is 5.51 Å². The fourth-order valence-electron chi connectivity index (χ4n) is 1.52. The number of hydrogen-bond donors (Lipinski definition) is 2. The summed E-state index contributed by atoms with van der Waals surface area (Å²) in [5, 5.41) is 11.4. The molecule has 0 aliphatic rings. The van der Waals surface area contributed by atoms with E-state index in [0.29, 0.717) is 6.54 Å². The molecule has 1 aromatic carbocycles. The molecule has 7 heteroatoms. The first kappa shape index (κ1) is 13.4. The van der Waals surface area contributed by atoms with E-state index in [2.05, 4.69) is 10.3 Å². The number of aryl methyl sites for hydroxylation is 1. The molecule has 4 nitrogen and oxygen atoms in total. The van der Waals surface area contributed by atoms with Crippen molar-refractivity contribution in [2.24, 2.45) is 0 Å². The van der Waals surface area contributed by atoms with E-state index in [9.17, 15) is 13.6 Å². The van der Waals surface area contributed by atoms with Gasteiger partial charge in [0, 0.05) is 4.88 Å². The van der Waals surface area contributed by atoms with Gasteiger partial charge in [0.15, 0.2) is 11.6 Å². The number of carboxylic acids is 1. The Kier molecular flexibility index (Phi) is 3.75. The molecule has 2 rings (SSSR count). The molecule has 100 valence electrons. The SMILES string of the molecule is Cc1ncsc1CNc1ccc(C(=O)O)c(F)c1F. The lowest BCUT2D eigenvalue weighted by Gasteiger charge is -2.08. The Balaban J connectivity index is 2.20. The van der Waals surface area contributed by atoms with Crippen molar-refractivity contribution in [1.82, 2.24) is 4.98 Å². The summed E-state index contributed by atoms with van der Waals surface area (Å²) in [5.41, 5.74) is 1.73. The number of nitrogens with one attached hydrogen (secondary N) is 1. The first-order chi connectivity index (χ1) is 9.00. The van der Waals surface area contributed by atoms with E-state index in [-0.39, 0.29) is 5.69 Å². The number of carboxylic acid groups (broad SMARTS) is 1. The Labute approximate surface area is 111 Å². The van der Waals surface area contributed by atoms with Crippen LogP contribution in [0.1, 0.15) is 20.9 Å². The largest absolute Gasteiger partial charge is 0.478 e. The van der Waals surface area contributed by atoms with E-state index < -0.39 is 23.2 Å². The summed E-state index contributed by atoms with van der Waals surface area (Å²) in [6, 6.07) is 2.24. The van der Waals surface area contributed by atoms with Crippen LogP contribution >= 0.6 is 11.3 Å². The number of carbonyl (C=O) groups is 1. The lowest BCUT2D eigenvalue weighted by atomic mass is 10.2. The highest BCUT2D eigenvalue weighted by atomic mass is 32.1. The second-order valence-corrected chi connectivity index (χ2v) is 4.75. The van der Waals surface area contributed by atoms with Gasteiger partial charge in [-0.25, -0.2) is 18.6 Å². The molecule has 0 unspecified atom stereocenters. The Bertz CT molecular complexity index is 628. The zero-order valence-corrected chi connectivity index (χ0v) is 10.7. The van der Waals surface area contributed by atoms with Gasteiger partial charge in [-0.05, 0) is 19.1 Å². The summed E-state index contributed by atoms with van der Waals surface area (Å²) in [5.74, 6) is -4.05. The maximum atomic E-state index is 13.6. The maximum absolute atomic E-state index is 13.6. The Morgan fingerprint density at radius 3 is 2.74 bits per heavy atom. The predicted octanol–water partition coefficient (Wildman–Crippen LogP) is 3.04. The number of rotatable bonds is 4. The third-order valence-corrected chi connectivity index (χ3v) is 3.53. The Morgan fingerprint density at radius 1 is 1.42 bits per heavy atom. The molecule has 2 N–H and O–H groups in total. The summed E-state index contributed by atoms with van der Waals surface area (Å²) >= 11 is 1.40. The number of aromatic carboxylic acids is 1. The minimum absolute atomic E-state index is 0.0738. The standard InChI is InChI=1S/C12H10F2N2O2S/c1-6-9(19-5-16-6)4-15-8-3-2-7(12(17)18)10(13)11(8)14/h2-3,5,15H,4H2,1H3,(H,17,18). The van der Waals surface area contributed by atoms with Gasteiger partial charge in [0.2, 0.25) is 0 Å². The second-order valence-electron chi connectivity index (χ2n) is 3.81. The van der Waals surface area contributed by atoms with Crippen LogP contribution in [0, 0.1) is 18.6 Å². The van der Waals surface area contributed by atoms with Gasteiger partial charge in [-0.3, -0.25) is 0 Å². The van der Waals surface area contributed by atoms with Crippen LogP contribution < -0.4 is 5.32 Å². The Morgan fingerprint density at radius 2 is 2.16 bits per heavy atom. The van der Waals surface area contributed by atoms with Gasteiger partial charge >= 0.3 is 5.97 Å². The number of hydrogen-bond acceptors (Lipinski definition) is 4. The molecular weight excluding hydrogens is 274 g/mol. The van der Waals surface area contributed by atoms with Gasteiger partial charge in [0.1, 0.15) is 0 Å². The molecular formula is C12H10F2N2O2S. The zero-order valence-electron chi connectivity index (χ0n) is 9.91. The molecule has 0 bridgehead atoms. The van der Waals surface area contributed by atoms with Crippen molar-refractivity contribution < 1.29 is 18.7 Å². The van der Waals surface area contributed by atoms with E-state index >= 15 is 0 Å². The summed E-state index contributed by atoms with van der Waals surface area (Å²) in [6.07, 6.45) is 0. The Hall–Kier alpha value is -2.02. The van der Waals surface area contributed by atoms with Gasteiger partial charge in [-0.1, -0.05) is 0 Å². The molecule has 0 amide bonds. The van der Waals surface area contributed by atoms with E-state index in [4.69, 9.17) is 5.11 Å². The summed E-state index contributed by atoms with van der Waals surface area (Å²) in [6.45, 7) is 2.12. The van der Waals surface area contributed by atoms with E-state index in [0.717, 1.165) is 16.6 Å². The second kappa shape index (κ2) is 5.31. The number of anilines is 1. The average Bonchev–Trinajstić information content (AvgIpc) is 2.76. The summed E-state index contributed by atoms with van der Waals surface area (Å²) in [4.78, 5) is 15.6. The molecule has 0 saturated carbocycles. The lowest BCUT2D eigenvalue weighted by Crippen LogP contribution is -2.07. The monoisotopic (exact) mass is 284 g/mol. The highest BCUT2D eigenvalue weighted by Crippen LogP contribution is 2.22. The van der Waals surface area contributed by atoms with Gasteiger partial charge in [0.25, 0.3) is 0 Å². The third kappa shape index (κ3) is 2.70. The maximum Gasteiger partial charge on any atom is 0.338 e. The molecule has 1 heterocycles. The number of aromatic nitrogens is 1. The first-order valence-electron chi connectivity index (χ1n) is 5.35. The number of nitrogens with zero attached hydrogens (tertiary/aromatic N) is 1. The number of thiazole rings is 1. The third-order valence-electron chi connectivity index (χ3n) is 2.60. The van der Waals surface area contributed by atoms with Crippen molar-refractivity contribution in [3.05, 3.63) is 45.4 Å². The quantitative estimate of drug-likeness (QED) is 0.906. The van der Waals surface area contributed by atoms with Crippen LogP contribution in [0.3, 0.4) is 0 Å². The molecule has 0 atom stereocenters. The molecule has 2 aromatic rings. The normalized spacial score (nSPS) is 10.5. The van der Waals surface area contributed by atoms with Crippen LogP contribution in [0.5, 0.6) is 0 Å². The molecule has 0 fully saturated rings. The van der Waals surface area contributed by atoms with Crippen LogP contribution in [0.4, 0.5) is 14.5 Å². The van der Waals surface area contributed by atoms with Crippen molar-refractivity contribution in [2.75, 3.05) is 5.32 Å². The van der Waals surface area contributed by atoms with Gasteiger partial charge in [-0.15, -0.1) is 11.3 Å². The van der Waals surface area contributed by atoms with Gasteiger partial charge < -0.3 is 10.4 Å². The topological polar surface area (TPSA) is 62.2 Å². The smallest absolute Gasteiger partial charge is 0.338 e. The fourth-order valence-corrected chi connectivity index (χ4v) is 2.24. The van der Waals surface area contributed by atoms with Crippen LogP contribution in [0.15, 0.2) is 17.6 Å². The van der Waals surface area contributed by atoms with Crippen molar-refractivity contribution >= 4 is 23.0 Å². The molecule has 0 aliphatic carbocycles. The molecule has 0 radical (unpaired) electrons. The van der Waals surface area contributed by atoms with Crippen molar-refractivity contribution in [2.45, 2.75) is 13.5 Å². The van der Waals surface area contributed by atoms with Gasteiger partial charge in [-0.2, -0.15) is 0 Å². The van der Waals surface area contributed by atoms with Crippen LogP contribution in [0.25, 0.3) is 0 Å². The van der Waals surface area contributed by atoms with Crippen LogP contribution in [-0.2, 0) is 6.54 Å². The first-order valence-corrected chi connectivity index (χ1v) is 6.22. The zero-order chi connectivity index (χ0) is 14.0. The lowest BCUT2D eigenvalue weighted by molar-refractivity contribution is 0.0690. The van der Waals surface area contributed by atoms with Crippen LogP contribution in [-0.4, -0.2) is 16.1 Å². The van der Waals surface area contributed by atoms with Crippen molar-refractivity contribution in [3.8, 4) is 0 Å². The highest BCUT2D eigenvalue weighted by Gasteiger charge is 2.17. The molecule has 0 saturated heterocycles. The minimum atomic E-state index is -1.50. The molecule has 19 heavy (non-hydrogen) atoms. The predicted molar refractivity (Wildman–Crippen MR) is 67.5 cm³/mol. The summed E-state index contributed by atoms with van der Waals surface area (Å²) < 4.78 is 27.1.